The van der Waals surface area contributed by atoms with E-state index in [9.17, 15) is 14.4 Å². The summed E-state index contributed by atoms with van der Waals surface area (Å²) in [5.74, 6) is -1.78. The van der Waals surface area contributed by atoms with Gasteiger partial charge < -0.3 is 15.4 Å². The molecular weight excluding hydrogens is 260 g/mol. The zero-order chi connectivity index (χ0) is 14.7. The number of fused-ring (bicyclic) bond motifs is 1. The van der Waals surface area contributed by atoms with Crippen LogP contribution in [0.3, 0.4) is 0 Å². The predicted molar refractivity (Wildman–Crippen MR) is 72.9 cm³/mol. The summed E-state index contributed by atoms with van der Waals surface area (Å²) < 4.78 is 0. The van der Waals surface area contributed by atoms with Gasteiger partial charge in [-0.15, -0.1) is 0 Å². The van der Waals surface area contributed by atoms with Crippen molar-refractivity contribution in [2.45, 2.75) is 45.1 Å². The van der Waals surface area contributed by atoms with Crippen molar-refractivity contribution in [1.29, 1.82) is 0 Å². The van der Waals surface area contributed by atoms with Crippen molar-refractivity contribution < 1.29 is 14.7 Å². The van der Waals surface area contributed by atoms with Gasteiger partial charge in [-0.3, -0.25) is 14.4 Å². The van der Waals surface area contributed by atoms with Gasteiger partial charge >= 0.3 is 5.97 Å². The van der Waals surface area contributed by atoms with E-state index in [1.54, 1.807) is 6.07 Å². The zero-order valence-corrected chi connectivity index (χ0v) is 11.4. The molecule has 6 heteroatoms. The van der Waals surface area contributed by atoms with Crippen molar-refractivity contribution in [3.8, 4) is 0 Å². The molecule has 0 bridgehead atoms. The van der Waals surface area contributed by atoms with Crippen LogP contribution in [0, 0.1) is 0 Å². The fraction of sp³-hybridized carbons (Fsp3) is 0.500. The van der Waals surface area contributed by atoms with Crippen molar-refractivity contribution in [2.24, 2.45) is 0 Å². The zero-order valence-electron chi connectivity index (χ0n) is 11.4. The summed E-state index contributed by atoms with van der Waals surface area (Å²) in [7, 11) is 0. The van der Waals surface area contributed by atoms with Crippen molar-refractivity contribution in [1.82, 2.24) is 10.3 Å². The van der Waals surface area contributed by atoms with E-state index in [4.69, 9.17) is 5.11 Å². The number of pyridine rings is 1. The first-order valence-corrected chi connectivity index (χ1v) is 6.78. The number of amides is 1. The van der Waals surface area contributed by atoms with E-state index in [0.29, 0.717) is 0 Å². The summed E-state index contributed by atoms with van der Waals surface area (Å²) in [6, 6.07) is 0.573. The number of carboxylic acid groups (broad SMARTS) is 1. The van der Waals surface area contributed by atoms with E-state index >= 15 is 0 Å². The molecule has 1 atom stereocenters. The molecule has 20 heavy (non-hydrogen) atoms. The molecule has 0 saturated heterocycles. The molecule has 0 aliphatic heterocycles. The molecule has 1 aromatic rings. The van der Waals surface area contributed by atoms with E-state index in [0.717, 1.165) is 43.4 Å². The van der Waals surface area contributed by atoms with Crippen LogP contribution in [0.2, 0.25) is 0 Å². The van der Waals surface area contributed by atoms with Crippen LogP contribution < -0.4 is 10.9 Å². The molecule has 1 aliphatic carbocycles. The van der Waals surface area contributed by atoms with Crippen molar-refractivity contribution in [3.05, 3.63) is 33.2 Å². The Morgan fingerprint density at radius 3 is 2.70 bits per heavy atom. The molecular formula is C14H18N2O4. The summed E-state index contributed by atoms with van der Waals surface area (Å²) >= 11 is 0. The number of carbonyl (C=O) groups is 2. The topological polar surface area (TPSA) is 99.3 Å². The molecule has 0 fully saturated rings. The van der Waals surface area contributed by atoms with Crippen LogP contribution in [0.15, 0.2) is 10.9 Å². The third-order valence-electron chi connectivity index (χ3n) is 3.55. The maximum Gasteiger partial charge on any atom is 0.325 e. The lowest BCUT2D eigenvalue weighted by atomic mass is 10.1. The van der Waals surface area contributed by atoms with Gasteiger partial charge in [0.2, 0.25) is 0 Å². The minimum Gasteiger partial charge on any atom is -0.480 e. The van der Waals surface area contributed by atoms with Crippen LogP contribution in [0.5, 0.6) is 0 Å². The van der Waals surface area contributed by atoms with Gasteiger partial charge in [0.1, 0.15) is 11.6 Å². The second kappa shape index (κ2) is 5.90. The quantitative estimate of drug-likeness (QED) is 0.714. The summed E-state index contributed by atoms with van der Waals surface area (Å²) in [6.45, 7) is 1.36. The SMILES string of the molecule is CC(NC(=O)c1cc2c([nH]c1=O)CCCCC2)C(=O)O. The molecule has 1 unspecified atom stereocenters. The Morgan fingerprint density at radius 2 is 2.00 bits per heavy atom. The Morgan fingerprint density at radius 1 is 1.30 bits per heavy atom. The number of aromatic amines is 1. The Bertz CT molecular complexity index is 591. The van der Waals surface area contributed by atoms with Crippen LogP contribution in [0.4, 0.5) is 0 Å². The molecule has 0 spiro atoms. The molecule has 1 aromatic heterocycles. The van der Waals surface area contributed by atoms with Crippen LogP contribution in [-0.4, -0.2) is 28.0 Å². The number of carbonyl (C=O) groups excluding carboxylic acids is 1. The second-order valence-electron chi connectivity index (χ2n) is 5.11. The molecule has 2 rings (SSSR count). The van der Waals surface area contributed by atoms with Gasteiger partial charge in [0.05, 0.1) is 0 Å². The first-order chi connectivity index (χ1) is 9.49. The Labute approximate surface area is 116 Å². The Hall–Kier alpha value is -2.11. The normalized spacial score (nSPS) is 15.8. The highest BCUT2D eigenvalue weighted by Gasteiger charge is 2.20. The van der Waals surface area contributed by atoms with Crippen molar-refractivity contribution >= 4 is 11.9 Å². The van der Waals surface area contributed by atoms with E-state index in [2.05, 4.69) is 10.3 Å². The molecule has 6 nitrogen and oxygen atoms in total. The highest BCUT2D eigenvalue weighted by Crippen LogP contribution is 2.18. The van der Waals surface area contributed by atoms with Crippen molar-refractivity contribution in [2.75, 3.05) is 0 Å². The van der Waals surface area contributed by atoms with Gasteiger partial charge in [0.15, 0.2) is 0 Å². The highest BCUT2D eigenvalue weighted by atomic mass is 16.4. The number of hydrogen-bond acceptors (Lipinski definition) is 3. The lowest BCUT2D eigenvalue weighted by molar-refractivity contribution is -0.138. The smallest absolute Gasteiger partial charge is 0.325 e. The molecule has 3 N–H and O–H groups in total. The fourth-order valence-electron chi connectivity index (χ4n) is 2.36. The van der Waals surface area contributed by atoms with Crippen LogP contribution in [-0.2, 0) is 17.6 Å². The van der Waals surface area contributed by atoms with E-state index in [1.165, 1.54) is 6.92 Å². The van der Waals surface area contributed by atoms with Gasteiger partial charge in [0, 0.05) is 5.69 Å². The van der Waals surface area contributed by atoms with Crippen molar-refractivity contribution in [3.63, 3.8) is 0 Å². The monoisotopic (exact) mass is 278 g/mol. The lowest BCUT2D eigenvalue weighted by Crippen LogP contribution is -2.40. The number of hydrogen-bond donors (Lipinski definition) is 3. The molecule has 0 saturated carbocycles. The molecule has 1 aliphatic rings. The number of H-pyrrole nitrogens is 1. The lowest BCUT2D eigenvalue weighted by Gasteiger charge is -2.11. The molecule has 0 radical (unpaired) electrons. The van der Waals surface area contributed by atoms with Gasteiger partial charge in [0.25, 0.3) is 11.5 Å². The largest absolute Gasteiger partial charge is 0.480 e. The van der Waals surface area contributed by atoms with Gasteiger partial charge in [-0.05, 0) is 44.2 Å². The van der Waals surface area contributed by atoms with Gasteiger partial charge in [-0.2, -0.15) is 0 Å². The Balaban J connectivity index is 2.28. The predicted octanol–water partition coefficient (Wildman–Crippen LogP) is 0.847. The van der Waals surface area contributed by atoms with Gasteiger partial charge in [-0.1, -0.05) is 6.42 Å². The minimum atomic E-state index is -1.13. The number of nitrogens with one attached hydrogen (secondary N) is 2. The summed E-state index contributed by atoms with van der Waals surface area (Å²) in [5.41, 5.74) is 1.41. The third kappa shape index (κ3) is 3.07. The van der Waals surface area contributed by atoms with Crippen LogP contribution in [0.1, 0.15) is 47.8 Å². The molecule has 1 heterocycles. The standard InChI is InChI=1S/C14H18N2O4/c1-8(14(19)20)15-12(17)10-7-9-5-3-2-4-6-11(9)16-13(10)18/h7-8H,2-6H2,1H3,(H,15,17)(H,16,18)(H,19,20). The maximum absolute atomic E-state index is 12.0. The van der Waals surface area contributed by atoms with E-state index in [-0.39, 0.29) is 5.56 Å². The minimum absolute atomic E-state index is 0.0150. The van der Waals surface area contributed by atoms with E-state index in [1.807, 2.05) is 0 Å². The highest BCUT2D eigenvalue weighted by molar-refractivity contribution is 5.96. The van der Waals surface area contributed by atoms with E-state index < -0.39 is 23.5 Å². The number of aromatic nitrogens is 1. The first-order valence-electron chi connectivity index (χ1n) is 6.78. The number of carboxylic acids is 1. The van der Waals surface area contributed by atoms with Crippen LogP contribution >= 0.6 is 0 Å². The summed E-state index contributed by atoms with van der Waals surface area (Å²) in [4.78, 5) is 37.4. The third-order valence-corrected chi connectivity index (χ3v) is 3.55. The second-order valence-corrected chi connectivity index (χ2v) is 5.11. The number of aryl methyl sites for hydroxylation is 2. The first kappa shape index (κ1) is 14.3. The molecule has 1 amide bonds. The molecule has 0 aromatic carbocycles. The number of aliphatic carboxylic acids is 1. The Kier molecular flexibility index (Phi) is 4.22. The average molecular weight is 278 g/mol. The maximum atomic E-state index is 12.0. The number of rotatable bonds is 3. The molecule has 108 valence electrons. The van der Waals surface area contributed by atoms with Crippen LogP contribution in [0.25, 0.3) is 0 Å². The van der Waals surface area contributed by atoms with Gasteiger partial charge in [-0.25, -0.2) is 0 Å². The average Bonchev–Trinajstić information content (AvgIpc) is 2.62. The summed E-state index contributed by atoms with van der Waals surface area (Å²) in [6.07, 6.45) is 4.82. The summed E-state index contributed by atoms with van der Waals surface area (Å²) in [5, 5.41) is 11.1. The fourth-order valence-corrected chi connectivity index (χ4v) is 2.36.